The summed E-state index contributed by atoms with van der Waals surface area (Å²) in [6, 6.07) is 12.2. The van der Waals surface area contributed by atoms with Crippen molar-refractivity contribution in [2.24, 2.45) is 10.5 Å². The molecule has 1 heterocycles. The van der Waals surface area contributed by atoms with E-state index in [9.17, 15) is 14.4 Å². The van der Waals surface area contributed by atoms with Crippen LogP contribution in [-0.2, 0) is 16.1 Å². The van der Waals surface area contributed by atoms with Crippen LogP contribution in [-0.4, -0.2) is 33.6 Å². The molecule has 0 spiro atoms. The molecule has 168 valence electrons. The average molecular weight is 474 g/mol. The summed E-state index contributed by atoms with van der Waals surface area (Å²) in [7, 11) is 0. The van der Waals surface area contributed by atoms with Gasteiger partial charge in [-0.05, 0) is 56.7 Å². The van der Waals surface area contributed by atoms with Crippen LogP contribution in [0.1, 0.15) is 38.8 Å². The quantitative estimate of drug-likeness (QED) is 0.468. The first-order valence-electron chi connectivity index (χ1n) is 9.93. The Labute approximate surface area is 196 Å². The monoisotopic (exact) mass is 473 g/mol. The number of carbonyl (C=O) groups excluding carboxylic acids is 3. The molecule has 2 aromatic carbocycles. The highest BCUT2D eigenvalue weighted by Crippen LogP contribution is 2.30. The zero-order valence-electron chi connectivity index (χ0n) is 18.3. The number of nitrogens with one attached hydrogen (secondary N) is 1. The van der Waals surface area contributed by atoms with Crippen molar-refractivity contribution >= 4 is 51.9 Å². The van der Waals surface area contributed by atoms with Gasteiger partial charge in [0.2, 0.25) is 5.91 Å². The van der Waals surface area contributed by atoms with Crippen LogP contribution in [0.15, 0.2) is 47.6 Å². The smallest absolute Gasteiger partial charge is 0.316 e. The van der Waals surface area contributed by atoms with Crippen LogP contribution in [0.4, 0.5) is 10.5 Å². The number of carbonyl (C=O) groups is 3. The van der Waals surface area contributed by atoms with Crippen LogP contribution in [0.2, 0.25) is 5.02 Å². The summed E-state index contributed by atoms with van der Waals surface area (Å²) < 4.78 is 5.62. The molecule has 0 aromatic heterocycles. The second-order valence-electron chi connectivity index (χ2n) is 8.32. The lowest BCUT2D eigenvalue weighted by atomic mass is 9.97. The molecular weight excluding hydrogens is 450 g/mol. The molecule has 1 aliphatic rings. The standard InChI is InChI=1S/C23H24ClN3O4S/c1-14(28)25-17-7-5-6-15(10-17)12-27-22(30)32-13-19(26-27)18-11-16(24)8-9-20(18)31-21(29)23(2,3)4/h5-11H,12-13H2,1-4H3,(H,25,28). The lowest BCUT2D eigenvalue weighted by Crippen LogP contribution is -2.30. The van der Waals surface area contributed by atoms with E-state index >= 15 is 0 Å². The van der Waals surface area contributed by atoms with E-state index in [4.69, 9.17) is 16.3 Å². The fraction of sp³-hybridized carbons (Fsp3) is 0.304. The fourth-order valence-electron chi connectivity index (χ4n) is 2.84. The Morgan fingerprint density at radius 2 is 1.97 bits per heavy atom. The van der Waals surface area contributed by atoms with Crippen LogP contribution < -0.4 is 10.1 Å². The molecule has 1 N–H and O–H groups in total. The summed E-state index contributed by atoms with van der Waals surface area (Å²) in [6.45, 7) is 6.97. The van der Waals surface area contributed by atoms with Gasteiger partial charge in [-0.15, -0.1) is 0 Å². The molecule has 0 fully saturated rings. The summed E-state index contributed by atoms with van der Waals surface area (Å²) in [6.07, 6.45) is 0. The number of halogens is 1. The second kappa shape index (κ2) is 9.75. The van der Waals surface area contributed by atoms with Gasteiger partial charge in [-0.1, -0.05) is 35.5 Å². The number of nitrogens with zero attached hydrogens (tertiary/aromatic N) is 2. The Morgan fingerprint density at radius 3 is 2.66 bits per heavy atom. The van der Waals surface area contributed by atoms with Gasteiger partial charge in [-0.3, -0.25) is 14.4 Å². The first kappa shape index (κ1) is 23.8. The molecule has 0 bridgehead atoms. The number of ether oxygens (including phenoxy) is 1. The molecule has 0 atom stereocenters. The maximum Gasteiger partial charge on any atom is 0.316 e. The van der Waals surface area contributed by atoms with Gasteiger partial charge < -0.3 is 10.1 Å². The number of benzene rings is 2. The van der Waals surface area contributed by atoms with Crippen molar-refractivity contribution in [1.82, 2.24) is 5.01 Å². The predicted molar refractivity (Wildman–Crippen MR) is 127 cm³/mol. The van der Waals surface area contributed by atoms with Crippen LogP contribution >= 0.6 is 23.4 Å². The predicted octanol–water partition coefficient (Wildman–Crippen LogP) is 5.32. The number of hydrogen-bond donors (Lipinski definition) is 1. The Hall–Kier alpha value is -2.84. The number of amides is 2. The maximum atomic E-state index is 12.5. The highest BCUT2D eigenvalue weighted by Gasteiger charge is 2.28. The van der Waals surface area contributed by atoms with E-state index in [1.807, 2.05) is 6.07 Å². The minimum Gasteiger partial charge on any atom is -0.425 e. The van der Waals surface area contributed by atoms with E-state index in [1.54, 1.807) is 57.2 Å². The highest BCUT2D eigenvalue weighted by atomic mass is 35.5. The molecule has 9 heteroatoms. The normalized spacial score (nSPS) is 14.1. The number of hydrogen-bond acceptors (Lipinski definition) is 6. The minimum atomic E-state index is -0.680. The van der Waals surface area contributed by atoms with E-state index in [-0.39, 0.29) is 23.7 Å². The number of rotatable bonds is 5. The average Bonchev–Trinajstić information content (AvgIpc) is 2.70. The topological polar surface area (TPSA) is 88.1 Å². The molecule has 0 radical (unpaired) electrons. The molecular formula is C23H24ClN3O4S. The number of hydrazone groups is 1. The molecule has 32 heavy (non-hydrogen) atoms. The molecule has 0 saturated carbocycles. The SMILES string of the molecule is CC(=O)Nc1cccc(CN2N=C(c3cc(Cl)ccc3OC(=O)C(C)(C)C)CSC2=O)c1. The molecule has 2 aromatic rings. The van der Waals surface area contributed by atoms with Crippen molar-refractivity contribution in [3.05, 3.63) is 58.6 Å². The van der Waals surface area contributed by atoms with Crippen LogP contribution in [0, 0.1) is 5.41 Å². The largest absolute Gasteiger partial charge is 0.425 e. The van der Waals surface area contributed by atoms with Gasteiger partial charge in [0.1, 0.15) is 5.75 Å². The van der Waals surface area contributed by atoms with Gasteiger partial charge in [-0.25, -0.2) is 5.01 Å². The highest BCUT2D eigenvalue weighted by molar-refractivity contribution is 8.14. The van der Waals surface area contributed by atoms with Gasteiger partial charge in [0.25, 0.3) is 0 Å². The molecule has 2 amide bonds. The van der Waals surface area contributed by atoms with Crippen LogP contribution in [0.5, 0.6) is 5.75 Å². The number of esters is 1. The lowest BCUT2D eigenvalue weighted by molar-refractivity contribution is -0.143. The van der Waals surface area contributed by atoms with Crippen molar-refractivity contribution in [3.8, 4) is 5.75 Å². The minimum absolute atomic E-state index is 0.176. The number of thioether (sulfide) groups is 1. The van der Waals surface area contributed by atoms with Gasteiger partial charge in [0, 0.05) is 29.0 Å². The summed E-state index contributed by atoms with van der Waals surface area (Å²) >= 11 is 7.30. The van der Waals surface area contributed by atoms with Crippen molar-refractivity contribution < 1.29 is 19.1 Å². The van der Waals surface area contributed by atoms with E-state index in [2.05, 4.69) is 10.4 Å². The third-order valence-corrected chi connectivity index (χ3v) is 5.54. The van der Waals surface area contributed by atoms with E-state index in [0.717, 1.165) is 17.3 Å². The maximum absolute atomic E-state index is 12.5. The summed E-state index contributed by atoms with van der Waals surface area (Å²) in [5, 5.41) is 8.88. The van der Waals surface area contributed by atoms with Gasteiger partial charge in [0.05, 0.1) is 17.7 Å². The van der Waals surface area contributed by atoms with E-state index in [1.165, 1.54) is 11.9 Å². The second-order valence-corrected chi connectivity index (χ2v) is 9.68. The van der Waals surface area contributed by atoms with Crippen molar-refractivity contribution in [2.45, 2.75) is 34.2 Å². The van der Waals surface area contributed by atoms with Crippen molar-refractivity contribution in [3.63, 3.8) is 0 Å². The third kappa shape index (κ3) is 6.11. The zero-order valence-corrected chi connectivity index (χ0v) is 19.8. The zero-order chi connectivity index (χ0) is 23.5. The third-order valence-electron chi connectivity index (χ3n) is 4.43. The Bertz CT molecular complexity index is 1090. The molecule has 0 aliphatic carbocycles. The molecule has 0 unspecified atom stereocenters. The van der Waals surface area contributed by atoms with E-state index < -0.39 is 5.41 Å². The molecule has 3 rings (SSSR count). The first-order valence-corrected chi connectivity index (χ1v) is 11.3. The fourth-order valence-corrected chi connectivity index (χ4v) is 3.74. The van der Waals surface area contributed by atoms with E-state index in [0.29, 0.717) is 33.5 Å². The van der Waals surface area contributed by atoms with Crippen LogP contribution in [0.25, 0.3) is 0 Å². The summed E-state index contributed by atoms with van der Waals surface area (Å²) in [4.78, 5) is 36.2. The first-order chi connectivity index (χ1) is 15.0. The van der Waals surface area contributed by atoms with Gasteiger partial charge >= 0.3 is 11.2 Å². The molecule has 7 nitrogen and oxygen atoms in total. The number of anilines is 1. The summed E-state index contributed by atoms with van der Waals surface area (Å²) in [5.74, 6) is 0.107. The summed E-state index contributed by atoms with van der Waals surface area (Å²) in [5.41, 5.74) is 1.91. The molecule has 1 aliphatic heterocycles. The van der Waals surface area contributed by atoms with Crippen LogP contribution in [0.3, 0.4) is 0 Å². The molecule has 0 saturated heterocycles. The Morgan fingerprint density at radius 1 is 1.22 bits per heavy atom. The lowest BCUT2D eigenvalue weighted by Gasteiger charge is -2.24. The Balaban J connectivity index is 1.90. The Kier molecular flexibility index (Phi) is 7.26. The van der Waals surface area contributed by atoms with Gasteiger partial charge in [0.15, 0.2) is 0 Å². The van der Waals surface area contributed by atoms with Gasteiger partial charge in [-0.2, -0.15) is 5.10 Å². The van der Waals surface area contributed by atoms with Crippen molar-refractivity contribution in [1.29, 1.82) is 0 Å². The van der Waals surface area contributed by atoms with Crippen molar-refractivity contribution in [2.75, 3.05) is 11.1 Å².